The average molecular weight is 233 g/mol. The second-order valence-electron chi connectivity index (χ2n) is 4.70. The zero-order valence-electron chi connectivity index (χ0n) is 10.3. The van der Waals surface area contributed by atoms with Crippen molar-refractivity contribution in [3.8, 4) is 0 Å². The van der Waals surface area contributed by atoms with E-state index in [4.69, 9.17) is 5.73 Å². The third kappa shape index (κ3) is 2.64. The summed E-state index contributed by atoms with van der Waals surface area (Å²) in [6.07, 6.45) is 3.92. The third-order valence-corrected chi connectivity index (χ3v) is 3.12. The van der Waals surface area contributed by atoms with Crippen molar-refractivity contribution >= 4 is 5.91 Å². The monoisotopic (exact) mass is 233 g/mol. The number of rotatable bonds is 4. The molecular weight excluding hydrogens is 214 g/mol. The molecule has 0 aromatic carbocycles. The molecular formula is C13H19N3O. The highest BCUT2D eigenvalue weighted by Gasteiger charge is 2.37. The average Bonchev–Trinajstić information content (AvgIpc) is 3.14. The maximum atomic E-state index is 12.1. The Labute approximate surface area is 102 Å². The Kier molecular flexibility index (Phi) is 3.43. The van der Waals surface area contributed by atoms with Crippen LogP contribution in [0.1, 0.15) is 38.4 Å². The Bertz CT molecular complexity index is 387. The van der Waals surface area contributed by atoms with Gasteiger partial charge in [-0.05, 0) is 38.8 Å². The predicted octanol–water partition coefficient (Wildman–Crippen LogP) is 1.48. The first-order chi connectivity index (χ1) is 8.11. The van der Waals surface area contributed by atoms with E-state index < -0.39 is 6.04 Å². The van der Waals surface area contributed by atoms with Crippen molar-refractivity contribution in [2.75, 3.05) is 0 Å². The van der Waals surface area contributed by atoms with Crippen molar-refractivity contribution in [2.24, 2.45) is 5.73 Å². The van der Waals surface area contributed by atoms with E-state index in [1.165, 1.54) is 0 Å². The summed E-state index contributed by atoms with van der Waals surface area (Å²) in [6, 6.07) is 5.69. The lowest BCUT2D eigenvalue weighted by Crippen LogP contribution is -2.44. The lowest BCUT2D eigenvalue weighted by Gasteiger charge is -2.30. The van der Waals surface area contributed by atoms with Crippen molar-refractivity contribution < 1.29 is 4.79 Å². The Morgan fingerprint density at radius 2 is 2.18 bits per heavy atom. The van der Waals surface area contributed by atoms with Crippen LogP contribution < -0.4 is 5.73 Å². The maximum Gasteiger partial charge on any atom is 0.240 e. The minimum absolute atomic E-state index is 0.00204. The number of pyridine rings is 1. The molecule has 1 aromatic rings. The Balaban J connectivity index is 2.19. The van der Waals surface area contributed by atoms with Crippen LogP contribution in [0.2, 0.25) is 0 Å². The lowest BCUT2D eigenvalue weighted by molar-refractivity contribution is -0.135. The second kappa shape index (κ2) is 4.84. The van der Waals surface area contributed by atoms with Crippen LogP contribution in [0, 0.1) is 0 Å². The third-order valence-electron chi connectivity index (χ3n) is 3.12. The van der Waals surface area contributed by atoms with Gasteiger partial charge in [0.25, 0.3) is 0 Å². The highest BCUT2D eigenvalue weighted by molar-refractivity contribution is 5.82. The van der Waals surface area contributed by atoms with E-state index in [1.54, 1.807) is 13.1 Å². The lowest BCUT2D eigenvalue weighted by atomic mass is 10.1. The van der Waals surface area contributed by atoms with Gasteiger partial charge in [0.15, 0.2) is 0 Å². The van der Waals surface area contributed by atoms with Gasteiger partial charge in [-0.25, -0.2) is 0 Å². The summed E-state index contributed by atoms with van der Waals surface area (Å²) in [7, 11) is 0. The molecule has 1 saturated carbocycles. The standard InChI is InChI=1S/C13H19N3O/c1-9(14)13(17)16(11-6-7-11)10(2)12-5-3-4-8-15-12/h3-5,8-11H,6-7,14H2,1-2H3. The minimum atomic E-state index is -0.443. The van der Waals surface area contributed by atoms with Gasteiger partial charge >= 0.3 is 0 Å². The summed E-state index contributed by atoms with van der Waals surface area (Å²) < 4.78 is 0. The Hall–Kier alpha value is -1.42. The highest BCUT2D eigenvalue weighted by atomic mass is 16.2. The summed E-state index contributed by atoms with van der Waals surface area (Å²) in [6.45, 7) is 3.75. The molecule has 0 aliphatic heterocycles. The first-order valence-electron chi connectivity index (χ1n) is 6.10. The van der Waals surface area contributed by atoms with Gasteiger partial charge in [0.2, 0.25) is 5.91 Å². The second-order valence-corrected chi connectivity index (χ2v) is 4.70. The first-order valence-corrected chi connectivity index (χ1v) is 6.10. The molecule has 1 amide bonds. The highest BCUT2D eigenvalue weighted by Crippen LogP contribution is 2.34. The number of carbonyl (C=O) groups excluding carboxylic acids is 1. The largest absolute Gasteiger partial charge is 0.330 e. The van der Waals surface area contributed by atoms with Gasteiger partial charge < -0.3 is 10.6 Å². The Morgan fingerprint density at radius 1 is 1.47 bits per heavy atom. The predicted molar refractivity (Wildman–Crippen MR) is 66.2 cm³/mol. The number of hydrogen-bond donors (Lipinski definition) is 1. The molecule has 2 atom stereocenters. The molecule has 0 spiro atoms. The van der Waals surface area contributed by atoms with Crippen LogP contribution in [0.15, 0.2) is 24.4 Å². The van der Waals surface area contributed by atoms with Crippen LogP contribution in [-0.2, 0) is 4.79 Å². The molecule has 2 N–H and O–H groups in total. The summed E-state index contributed by atoms with van der Waals surface area (Å²) in [5.74, 6) is 0.0191. The van der Waals surface area contributed by atoms with E-state index in [0.717, 1.165) is 18.5 Å². The van der Waals surface area contributed by atoms with E-state index in [0.29, 0.717) is 6.04 Å². The number of aromatic nitrogens is 1. The van der Waals surface area contributed by atoms with Crippen molar-refractivity contribution in [1.82, 2.24) is 9.88 Å². The van der Waals surface area contributed by atoms with Gasteiger partial charge in [0.1, 0.15) is 0 Å². The number of nitrogens with zero attached hydrogens (tertiary/aromatic N) is 2. The molecule has 1 aromatic heterocycles. The van der Waals surface area contributed by atoms with Crippen molar-refractivity contribution in [1.29, 1.82) is 0 Å². The number of amides is 1. The fourth-order valence-corrected chi connectivity index (χ4v) is 2.04. The van der Waals surface area contributed by atoms with Gasteiger partial charge in [-0.15, -0.1) is 0 Å². The van der Waals surface area contributed by atoms with Crippen LogP contribution in [0.25, 0.3) is 0 Å². The number of nitrogens with two attached hydrogens (primary N) is 1. The van der Waals surface area contributed by atoms with Crippen LogP contribution >= 0.6 is 0 Å². The molecule has 0 bridgehead atoms. The zero-order chi connectivity index (χ0) is 12.4. The fourth-order valence-electron chi connectivity index (χ4n) is 2.04. The first kappa shape index (κ1) is 12.0. The van der Waals surface area contributed by atoms with Crippen molar-refractivity contribution in [3.05, 3.63) is 30.1 Å². The number of hydrogen-bond acceptors (Lipinski definition) is 3. The summed E-state index contributed by atoms with van der Waals surface area (Å²) >= 11 is 0. The van der Waals surface area contributed by atoms with Gasteiger partial charge in [0, 0.05) is 12.2 Å². The zero-order valence-corrected chi connectivity index (χ0v) is 10.3. The SMILES string of the molecule is CC(N)C(=O)N(C1CC1)C(C)c1ccccn1. The maximum absolute atomic E-state index is 12.1. The van der Waals surface area contributed by atoms with E-state index in [9.17, 15) is 4.79 Å². The van der Waals surface area contributed by atoms with E-state index in [2.05, 4.69) is 4.98 Å². The topological polar surface area (TPSA) is 59.2 Å². The van der Waals surface area contributed by atoms with E-state index in [-0.39, 0.29) is 11.9 Å². The van der Waals surface area contributed by atoms with Crippen molar-refractivity contribution in [2.45, 2.75) is 44.8 Å². The summed E-state index contributed by atoms with van der Waals surface area (Å²) in [5.41, 5.74) is 6.63. The molecule has 1 aliphatic carbocycles. The molecule has 92 valence electrons. The molecule has 1 aliphatic rings. The van der Waals surface area contributed by atoms with Crippen LogP contribution in [0.5, 0.6) is 0 Å². The normalized spacial score (nSPS) is 18.5. The smallest absolute Gasteiger partial charge is 0.240 e. The van der Waals surface area contributed by atoms with E-state index in [1.807, 2.05) is 30.0 Å². The molecule has 0 radical (unpaired) electrons. The summed E-state index contributed by atoms with van der Waals surface area (Å²) in [4.78, 5) is 18.3. The molecule has 1 fully saturated rings. The van der Waals surface area contributed by atoms with Gasteiger partial charge in [-0.1, -0.05) is 6.07 Å². The molecule has 4 heteroatoms. The summed E-state index contributed by atoms with van der Waals surface area (Å²) in [5, 5.41) is 0. The molecule has 2 rings (SSSR count). The molecule has 0 saturated heterocycles. The fraction of sp³-hybridized carbons (Fsp3) is 0.538. The van der Waals surface area contributed by atoms with Crippen LogP contribution in [-0.4, -0.2) is 27.9 Å². The number of carbonyl (C=O) groups is 1. The van der Waals surface area contributed by atoms with Crippen molar-refractivity contribution in [3.63, 3.8) is 0 Å². The minimum Gasteiger partial charge on any atom is -0.330 e. The quantitative estimate of drug-likeness (QED) is 0.857. The van der Waals surface area contributed by atoms with E-state index >= 15 is 0 Å². The Morgan fingerprint density at radius 3 is 2.65 bits per heavy atom. The molecule has 2 unspecified atom stereocenters. The van der Waals surface area contributed by atoms with Gasteiger partial charge in [-0.3, -0.25) is 9.78 Å². The molecule has 17 heavy (non-hydrogen) atoms. The molecule has 4 nitrogen and oxygen atoms in total. The van der Waals surface area contributed by atoms with Gasteiger partial charge in [0.05, 0.1) is 17.8 Å². The molecule has 1 heterocycles. The van der Waals surface area contributed by atoms with Crippen LogP contribution in [0.3, 0.4) is 0 Å². The van der Waals surface area contributed by atoms with Gasteiger partial charge in [-0.2, -0.15) is 0 Å². The van der Waals surface area contributed by atoms with Crippen LogP contribution in [0.4, 0.5) is 0 Å².